The van der Waals surface area contributed by atoms with Gasteiger partial charge in [-0.25, -0.2) is 9.97 Å². The monoisotopic (exact) mass is 349 g/mol. The quantitative estimate of drug-likeness (QED) is 0.635. The number of amides is 1. The van der Waals surface area contributed by atoms with E-state index in [1.807, 2.05) is 18.3 Å². The third-order valence-corrected chi connectivity index (χ3v) is 4.08. The highest BCUT2D eigenvalue weighted by Crippen LogP contribution is 2.06. The highest BCUT2D eigenvalue weighted by Gasteiger charge is 2.07. The van der Waals surface area contributed by atoms with Gasteiger partial charge in [0, 0.05) is 31.7 Å². The van der Waals surface area contributed by atoms with E-state index in [1.54, 1.807) is 29.4 Å². The molecule has 0 bridgehead atoms. The van der Waals surface area contributed by atoms with Crippen LogP contribution in [-0.4, -0.2) is 45.5 Å². The summed E-state index contributed by atoms with van der Waals surface area (Å²) in [6.07, 6.45) is 7.67. The van der Waals surface area contributed by atoms with Gasteiger partial charge in [0.15, 0.2) is 0 Å². The molecule has 0 radical (unpaired) electrons. The zero-order valence-electron chi connectivity index (χ0n) is 14.9. The molecule has 0 aliphatic rings. The van der Waals surface area contributed by atoms with Crippen LogP contribution in [0.5, 0.6) is 0 Å². The summed E-state index contributed by atoms with van der Waals surface area (Å²) in [5.74, 6) is 0.641. The summed E-state index contributed by atoms with van der Waals surface area (Å²) in [6, 6.07) is 14.0. The van der Waals surface area contributed by atoms with Crippen LogP contribution in [-0.2, 0) is 6.54 Å². The van der Waals surface area contributed by atoms with Gasteiger partial charge in [0.25, 0.3) is 5.91 Å². The van der Waals surface area contributed by atoms with Gasteiger partial charge in [-0.05, 0) is 37.7 Å². The highest BCUT2D eigenvalue weighted by atomic mass is 16.1. The van der Waals surface area contributed by atoms with Crippen molar-refractivity contribution < 1.29 is 4.79 Å². The Bertz CT molecular complexity index is 800. The molecule has 0 saturated carbocycles. The number of imidazole rings is 1. The average molecular weight is 349 g/mol. The molecule has 6 nitrogen and oxygen atoms in total. The number of aromatic nitrogens is 3. The number of pyridine rings is 1. The van der Waals surface area contributed by atoms with Crippen LogP contribution < -0.4 is 5.32 Å². The van der Waals surface area contributed by atoms with Gasteiger partial charge >= 0.3 is 0 Å². The fourth-order valence-electron chi connectivity index (χ4n) is 2.69. The van der Waals surface area contributed by atoms with Gasteiger partial charge in [0.2, 0.25) is 0 Å². The zero-order valence-corrected chi connectivity index (χ0v) is 14.9. The summed E-state index contributed by atoms with van der Waals surface area (Å²) >= 11 is 0. The van der Waals surface area contributed by atoms with Crippen LogP contribution in [0, 0.1) is 0 Å². The van der Waals surface area contributed by atoms with Crippen molar-refractivity contribution in [3.05, 3.63) is 78.5 Å². The molecule has 2 heterocycles. The van der Waals surface area contributed by atoms with Gasteiger partial charge in [0.1, 0.15) is 12.1 Å². The fourth-order valence-corrected chi connectivity index (χ4v) is 2.69. The molecule has 0 unspecified atom stereocenters. The maximum atomic E-state index is 12.2. The van der Waals surface area contributed by atoms with E-state index in [1.165, 1.54) is 5.56 Å². The predicted octanol–water partition coefficient (Wildman–Crippen LogP) is 2.52. The Balaban J connectivity index is 1.40. The number of hydrogen-bond acceptors (Lipinski definition) is 4. The minimum absolute atomic E-state index is 0.0969. The minimum atomic E-state index is -0.0969. The van der Waals surface area contributed by atoms with E-state index in [4.69, 9.17) is 0 Å². The van der Waals surface area contributed by atoms with E-state index in [0.29, 0.717) is 12.1 Å². The maximum absolute atomic E-state index is 12.2. The smallest absolute Gasteiger partial charge is 0.252 e. The summed E-state index contributed by atoms with van der Waals surface area (Å²) < 4.78 is 1.80. The van der Waals surface area contributed by atoms with Crippen molar-refractivity contribution in [1.82, 2.24) is 24.8 Å². The van der Waals surface area contributed by atoms with Crippen molar-refractivity contribution in [3.63, 3.8) is 0 Å². The zero-order chi connectivity index (χ0) is 18.2. The molecular formula is C20H23N5O. The lowest BCUT2D eigenvalue weighted by Crippen LogP contribution is -2.28. The second-order valence-corrected chi connectivity index (χ2v) is 6.21. The lowest BCUT2D eigenvalue weighted by Gasteiger charge is -2.16. The fraction of sp³-hybridized carbons (Fsp3) is 0.250. The second-order valence-electron chi connectivity index (χ2n) is 6.21. The van der Waals surface area contributed by atoms with Gasteiger partial charge in [0.05, 0.1) is 5.56 Å². The van der Waals surface area contributed by atoms with E-state index in [9.17, 15) is 4.79 Å². The van der Waals surface area contributed by atoms with Crippen LogP contribution in [0.3, 0.4) is 0 Å². The van der Waals surface area contributed by atoms with Gasteiger partial charge < -0.3 is 10.2 Å². The third-order valence-electron chi connectivity index (χ3n) is 4.08. The Hall–Kier alpha value is -2.99. The predicted molar refractivity (Wildman–Crippen MR) is 101 cm³/mol. The van der Waals surface area contributed by atoms with Gasteiger partial charge in [-0.1, -0.05) is 30.3 Å². The third kappa shape index (κ3) is 5.00. The number of carbonyl (C=O) groups excluding carboxylic acids is 1. The van der Waals surface area contributed by atoms with Crippen LogP contribution in [0.2, 0.25) is 0 Å². The second kappa shape index (κ2) is 8.92. The SMILES string of the molecule is CN(CCCNC(=O)c1ccc(-n2ccnc2)nc1)Cc1ccccc1. The molecule has 1 aromatic carbocycles. The lowest BCUT2D eigenvalue weighted by molar-refractivity contribution is 0.0951. The summed E-state index contributed by atoms with van der Waals surface area (Å²) in [5, 5.41) is 2.95. The van der Waals surface area contributed by atoms with Crippen molar-refractivity contribution in [2.45, 2.75) is 13.0 Å². The Morgan fingerprint density at radius 1 is 1.19 bits per heavy atom. The van der Waals surface area contributed by atoms with Crippen molar-refractivity contribution in [2.24, 2.45) is 0 Å². The average Bonchev–Trinajstić information content (AvgIpc) is 3.21. The molecule has 0 spiro atoms. The Morgan fingerprint density at radius 2 is 2.04 bits per heavy atom. The summed E-state index contributed by atoms with van der Waals surface area (Å²) in [7, 11) is 2.09. The molecule has 2 aromatic heterocycles. The van der Waals surface area contributed by atoms with Crippen LogP contribution in [0.1, 0.15) is 22.3 Å². The van der Waals surface area contributed by atoms with Crippen molar-refractivity contribution in [1.29, 1.82) is 0 Å². The molecule has 0 aliphatic heterocycles. The number of benzene rings is 1. The molecule has 26 heavy (non-hydrogen) atoms. The first-order valence-corrected chi connectivity index (χ1v) is 8.67. The van der Waals surface area contributed by atoms with Gasteiger partial charge in [-0.3, -0.25) is 9.36 Å². The Morgan fingerprint density at radius 3 is 2.73 bits per heavy atom. The molecule has 0 aliphatic carbocycles. The van der Waals surface area contributed by atoms with Crippen LogP contribution in [0.15, 0.2) is 67.4 Å². The summed E-state index contributed by atoms with van der Waals surface area (Å²) in [5.41, 5.74) is 1.86. The van der Waals surface area contributed by atoms with E-state index in [2.05, 4.69) is 51.5 Å². The normalized spacial score (nSPS) is 10.8. The lowest BCUT2D eigenvalue weighted by atomic mass is 10.2. The first-order chi connectivity index (χ1) is 12.7. The molecule has 134 valence electrons. The topological polar surface area (TPSA) is 63.1 Å². The first-order valence-electron chi connectivity index (χ1n) is 8.67. The minimum Gasteiger partial charge on any atom is -0.352 e. The van der Waals surface area contributed by atoms with E-state index in [-0.39, 0.29) is 5.91 Å². The summed E-state index contributed by atoms with van der Waals surface area (Å²) in [4.78, 5) is 22.7. The molecule has 3 aromatic rings. The number of nitrogens with zero attached hydrogens (tertiary/aromatic N) is 4. The van der Waals surface area contributed by atoms with Crippen LogP contribution in [0.4, 0.5) is 0 Å². The van der Waals surface area contributed by atoms with Crippen molar-refractivity contribution >= 4 is 5.91 Å². The first kappa shape index (κ1) is 17.8. The Labute approximate surface area is 153 Å². The van der Waals surface area contributed by atoms with Crippen molar-refractivity contribution in [2.75, 3.05) is 20.1 Å². The van der Waals surface area contributed by atoms with Gasteiger partial charge in [-0.15, -0.1) is 0 Å². The largest absolute Gasteiger partial charge is 0.352 e. The van der Waals surface area contributed by atoms with E-state index in [0.717, 1.165) is 25.3 Å². The summed E-state index contributed by atoms with van der Waals surface area (Å²) in [6.45, 7) is 2.47. The standard InChI is InChI=1S/C20H23N5O/c1-24(15-17-6-3-2-4-7-17)12-5-10-22-20(26)18-8-9-19(23-14-18)25-13-11-21-16-25/h2-4,6-9,11,13-14,16H,5,10,12,15H2,1H3,(H,22,26). The van der Waals surface area contributed by atoms with E-state index < -0.39 is 0 Å². The van der Waals surface area contributed by atoms with Crippen LogP contribution >= 0.6 is 0 Å². The molecule has 1 N–H and O–H groups in total. The van der Waals surface area contributed by atoms with E-state index >= 15 is 0 Å². The molecule has 6 heteroatoms. The number of nitrogens with one attached hydrogen (secondary N) is 1. The molecule has 0 atom stereocenters. The number of hydrogen-bond donors (Lipinski definition) is 1. The van der Waals surface area contributed by atoms with Gasteiger partial charge in [-0.2, -0.15) is 0 Å². The number of rotatable bonds is 8. The van der Waals surface area contributed by atoms with Crippen molar-refractivity contribution in [3.8, 4) is 5.82 Å². The number of carbonyl (C=O) groups is 1. The van der Waals surface area contributed by atoms with Crippen LogP contribution in [0.25, 0.3) is 5.82 Å². The molecule has 0 fully saturated rings. The Kier molecular flexibility index (Phi) is 6.11. The molecule has 1 amide bonds. The molecule has 3 rings (SSSR count). The molecule has 0 saturated heterocycles. The highest BCUT2D eigenvalue weighted by molar-refractivity contribution is 5.93. The maximum Gasteiger partial charge on any atom is 0.252 e. The molecular weight excluding hydrogens is 326 g/mol.